The number of benzene rings is 3. The van der Waals surface area contributed by atoms with Crippen LogP contribution in [0.5, 0.6) is 5.75 Å². The van der Waals surface area contributed by atoms with E-state index in [-0.39, 0.29) is 28.6 Å². The van der Waals surface area contributed by atoms with Crippen molar-refractivity contribution in [2.24, 2.45) is 5.10 Å². The predicted molar refractivity (Wildman–Crippen MR) is 118 cm³/mol. The molecule has 0 saturated heterocycles. The molecule has 0 unspecified atom stereocenters. The van der Waals surface area contributed by atoms with Crippen molar-refractivity contribution in [2.75, 3.05) is 5.01 Å². The number of ether oxygens (including phenoxy) is 1. The summed E-state index contributed by atoms with van der Waals surface area (Å²) in [6.07, 6.45) is -3.80. The molecule has 9 heteroatoms. The molecule has 1 aliphatic rings. The van der Waals surface area contributed by atoms with Gasteiger partial charge in [0.1, 0.15) is 18.2 Å². The molecule has 4 rings (SSSR count). The molecule has 3 aromatic carbocycles. The first-order chi connectivity index (χ1) is 15.7. The number of nitrogens with zero attached hydrogens (tertiary/aromatic N) is 2. The van der Waals surface area contributed by atoms with E-state index in [4.69, 9.17) is 16.3 Å². The van der Waals surface area contributed by atoms with E-state index < -0.39 is 29.2 Å². The van der Waals surface area contributed by atoms with E-state index in [9.17, 15) is 22.4 Å². The molecule has 0 atom stereocenters. The number of carbonyl (C=O) groups excluding carboxylic acids is 1. The minimum absolute atomic E-state index is 0.0301. The van der Waals surface area contributed by atoms with Crippen molar-refractivity contribution >= 4 is 35.0 Å². The average Bonchev–Trinajstić information content (AvgIpc) is 3.11. The van der Waals surface area contributed by atoms with Crippen LogP contribution >= 0.6 is 11.6 Å². The second-order valence-electron chi connectivity index (χ2n) is 7.05. The molecule has 0 fully saturated rings. The van der Waals surface area contributed by atoms with Crippen molar-refractivity contribution in [3.8, 4) is 5.75 Å². The zero-order valence-electron chi connectivity index (χ0n) is 16.8. The van der Waals surface area contributed by atoms with Crippen LogP contribution in [0.15, 0.2) is 83.5 Å². The second-order valence-corrected chi connectivity index (χ2v) is 7.49. The SMILES string of the molecule is O=C1/C(=C\c2cc(Cl)ccc2OCc2ccc(F)cc2)C(C(F)(F)F)=NN1c1ccccc1. The van der Waals surface area contributed by atoms with E-state index in [0.29, 0.717) is 10.6 Å². The highest BCUT2D eigenvalue weighted by molar-refractivity contribution is 6.34. The molecule has 1 aliphatic heterocycles. The Morgan fingerprint density at radius 3 is 2.36 bits per heavy atom. The monoisotopic (exact) mass is 474 g/mol. The molecule has 3 aromatic rings. The quantitative estimate of drug-likeness (QED) is 0.317. The first-order valence-electron chi connectivity index (χ1n) is 9.66. The molecule has 0 saturated carbocycles. The third kappa shape index (κ3) is 5.06. The zero-order valence-corrected chi connectivity index (χ0v) is 17.6. The molecule has 168 valence electrons. The maximum absolute atomic E-state index is 13.7. The van der Waals surface area contributed by atoms with Gasteiger partial charge in [-0.3, -0.25) is 4.79 Å². The number of carbonyl (C=O) groups is 1. The van der Waals surface area contributed by atoms with Gasteiger partial charge >= 0.3 is 6.18 Å². The lowest BCUT2D eigenvalue weighted by atomic mass is 10.0. The molecular formula is C24H15ClF4N2O2. The van der Waals surface area contributed by atoms with Gasteiger partial charge in [-0.25, -0.2) is 4.39 Å². The number of halogens is 5. The fourth-order valence-electron chi connectivity index (χ4n) is 3.16. The van der Waals surface area contributed by atoms with Gasteiger partial charge in [0.2, 0.25) is 0 Å². The van der Waals surface area contributed by atoms with E-state index in [0.717, 1.165) is 6.08 Å². The largest absolute Gasteiger partial charge is 0.488 e. The number of hydrazone groups is 1. The molecule has 0 N–H and O–H groups in total. The Hall–Kier alpha value is -3.65. The molecule has 0 radical (unpaired) electrons. The summed E-state index contributed by atoms with van der Waals surface area (Å²) in [4.78, 5) is 12.9. The summed E-state index contributed by atoms with van der Waals surface area (Å²) < 4.78 is 60.0. The Balaban J connectivity index is 1.70. The summed E-state index contributed by atoms with van der Waals surface area (Å²) in [7, 11) is 0. The van der Waals surface area contributed by atoms with Gasteiger partial charge in [-0.05, 0) is 54.1 Å². The number of hydrogen-bond acceptors (Lipinski definition) is 3. The highest BCUT2D eigenvalue weighted by Crippen LogP contribution is 2.34. The fourth-order valence-corrected chi connectivity index (χ4v) is 3.34. The van der Waals surface area contributed by atoms with Crippen LogP contribution in [-0.4, -0.2) is 17.8 Å². The number of rotatable bonds is 5. The lowest BCUT2D eigenvalue weighted by Crippen LogP contribution is -2.25. The Bertz CT molecular complexity index is 1240. The summed E-state index contributed by atoms with van der Waals surface area (Å²) in [5.41, 5.74) is -0.942. The number of hydrogen-bond donors (Lipinski definition) is 0. The van der Waals surface area contributed by atoms with Crippen LogP contribution in [0, 0.1) is 5.82 Å². The highest BCUT2D eigenvalue weighted by atomic mass is 35.5. The van der Waals surface area contributed by atoms with E-state index >= 15 is 0 Å². The minimum Gasteiger partial charge on any atom is -0.488 e. The predicted octanol–water partition coefficient (Wildman–Crippen LogP) is 6.41. The topological polar surface area (TPSA) is 41.9 Å². The Morgan fingerprint density at radius 1 is 1.00 bits per heavy atom. The third-order valence-electron chi connectivity index (χ3n) is 4.73. The Kier molecular flexibility index (Phi) is 6.20. The summed E-state index contributed by atoms with van der Waals surface area (Å²) in [5.74, 6) is -1.14. The number of amides is 1. The molecule has 0 bridgehead atoms. The number of alkyl halides is 3. The lowest BCUT2D eigenvalue weighted by Gasteiger charge is -2.12. The zero-order chi connectivity index (χ0) is 23.6. The van der Waals surface area contributed by atoms with Gasteiger partial charge in [0.15, 0.2) is 5.71 Å². The number of anilines is 1. The van der Waals surface area contributed by atoms with Crippen LogP contribution in [0.3, 0.4) is 0 Å². The maximum Gasteiger partial charge on any atom is 0.435 e. The highest BCUT2D eigenvalue weighted by Gasteiger charge is 2.46. The Labute approximate surface area is 191 Å². The smallest absolute Gasteiger partial charge is 0.435 e. The second kappa shape index (κ2) is 9.07. The van der Waals surface area contributed by atoms with E-state index in [1.165, 1.54) is 54.6 Å². The van der Waals surface area contributed by atoms with E-state index in [1.807, 2.05) is 0 Å². The van der Waals surface area contributed by atoms with Crippen molar-refractivity contribution < 1.29 is 27.1 Å². The molecule has 33 heavy (non-hydrogen) atoms. The first-order valence-corrected chi connectivity index (χ1v) is 10.0. The van der Waals surface area contributed by atoms with Gasteiger partial charge < -0.3 is 4.74 Å². The summed E-state index contributed by atoms with van der Waals surface area (Å²) in [6.45, 7) is 0.0301. The van der Waals surface area contributed by atoms with Gasteiger partial charge in [0.25, 0.3) is 5.91 Å². The van der Waals surface area contributed by atoms with Crippen LogP contribution in [0.4, 0.5) is 23.2 Å². The van der Waals surface area contributed by atoms with Gasteiger partial charge in [0.05, 0.1) is 11.3 Å². The van der Waals surface area contributed by atoms with Crippen molar-refractivity contribution in [1.29, 1.82) is 0 Å². The summed E-state index contributed by atoms with van der Waals surface area (Å²) in [5, 5.41) is 4.49. The van der Waals surface area contributed by atoms with Crippen LogP contribution in [-0.2, 0) is 11.4 Å². The normalized spacial score (nSPS) is 15.2. The molecule has 0 spiro atoms. The van der Waals surface area contributed by atoms with E-state index in [2.05, 4.69) is 5.10 Å². The third-order valence-corrected chi connectivity index (χ3v) is 4.96. The summed E-state index contributed by atoms with van der Waals surface area (Å²) in [6, 6.07) is 17.8. The molecular weight excluding hydrogens is 460 g/mol. The fraction of sp³-hybridized carbons (Fsp3) is 0.0833. The number of para-hydroxylation sites is 1. The van der Waals surface area contributed by atoms with Gasteiger partial charge in [-0.1, -0.05) is 41.9 Å². The molecule has 4 nitrogen and oxygen atoms in total. The van der Waals surface area contributed by atoms with Crippen molar-refractivity contribution in [3.63, 3.8) is 0 Å². The van der Waals surface area contributed by atoms with Crippen molar-refractivity contribution in [1.82, 2.24) is 0 Å². The first kappa shape index (κ1) is 22.5. The maximum atomic E-state index is 13.7. The van der Waals surface area contributed by atoms with Crippen LogP contribution < -0.4 is 9.75 Å². The van der Waals surface area contributed by atoms with Crippen molar-refractivity contribution in [2.45, 2.75) is 12.8 Å². The molecule has 0 aliphatic carbocycles. The van der Waals surface area contributed by atoms with Gasteiger partial charge in [-0.2, -0.15) is 23.3 Å². The summed E-state index contributed by atoms with van der Waals surface area (Å²) >= 11 is 6.05. The van der Waals surface area contributed by atoms with Crippen LogP contribution in [0.2, 0.25) is 5.02 Å². The molecule has 1 heterocycles. The molecule has 1 amide bonds. The van der Waals surface area contributed by atoms with Gasteiger partial charge in [0, 0.05) is 10.6 Å². The van der Waals surface area contributed by atoms with Crippen LogP contribution in [0.25, 0.3) is 6.08 Å². The lowest BCUT2D eigenvalue weighted by molar-refractivity contribution is -0.114. The van der Waals surface area contributed by atoms with E-state index in [1.54, 1.807) is 18.2 Å². The van der Waals surface area contributed by atoms with Crippen LogP contribution in [0.1, 0.15) is 11.1 Å². The standard InChI is InChI=1S/C24H15ClF4N2O2/c25-17-8-11-21(33-14-15-6-9-18(26)10-7-15)16(12-17)13-20-22(24(27,28)29)30-31(23(20)32)19-4-2-1-3-5-19/h1-13H,14H2/b20-13-. The minimum atomic E-state index is -4.86. The van der Waals surface area contributed by atoms with Crippen molar-refractivity contribution in [3.05, 3.63) is 100 Å². The molecule has 0 aromatic heterocycles. The average molecular weight is 475 g/mol. The Morgan fingerprint density at radius 2 is 1.70 bits per heavy atom. The van der Waals surface area contributed by atoms with Gasteiger partial charge in [-0.15, -0.1) is 0 Å².